The topological polar surface area (TPSA) is 97.4 Å². The number of nitrogens with zero attached hydrogens (tertiary/aromatic N) is 1. The van der Waals surface area contributed by atoms with Crippen LogP contribution in [0.2, 0.25) is 0 Å². The number of hydrogen-bond acceptors (Lipinski definition) is 5. The summed E-state index contributed by atoms with van der Waals surface area (Å²) in [6.07, 6.45) is 6.90. The summed E-state index contributed by atoms with van der Waals surface area (Å²) in [6.45, 7) is 2.28. The average molecular weight is 389 g/mol. The SMILES string of the molecule is CCOc1cncc(NS(=O)(=O)c2ccccc2C(=O)NC2CCCC2)c1. The van der Waals surface area contributed by atoms with Gasteiger partial charge in [-0.05, 0) is 31.9 Å². The van der Waals surface area contributed by atoms with Gasteiger partial charge in [-0.2, -0.15) is 0 Å². The Bertz CT molecular complexity index is 909. The molecule has 1 aromatic heterocycles. The third-order valence-corrected chi connectivity index (χ3v) is 5.83. The molecule has 7 nitrogen and oxygen atoms in total. The van der Waals surface area contributed by atoms with Crippen LogP contribution in [0.5, 0.6) is 5.75 Å². The molecule has 1 aliphatic carbocycles. The number of nitrogens with one attached hydrogen (secondary N) is 2. The molecule has 0 saturated heterocycles. The molecule has 0 spiro atoms. The highest BCUT2D eigenvalue weighted by atomic mass is 32.2. The highest BCUT2D eigenvalue weighted by molar-refractivity contribution is 7.92. The van der Waals surface area contributed by atoms with Crippen molar-refractivity contribution in [2.24, 2.45) is 0 Å². The van der Waals surface area contributed by atoms with Gasteiger partial charge in [-0.25, -0.2) is 8.42 Å². The summed E-state index contributed by atoms with van der Waals surface area (Å²) in [7, 11) is -3.96. The standard InChI is InChI=1S/C19H23N3O4S/c1-2-26-16-11-15(12-20-13-16)22-27(24,25)18-10-6-5-9-17(18)19(23)21-14-7-3-4-8-14/h5-6,9-14,22H,2-4,7-8H2,1H3,(H,21,23). The minimum atomic E-state index is -3.96. The molecule has 1 aliphatic rings. The minimum absolute atomic E-state index is 0.0673. The van der Waals surface area contributed by atoms with Crippen LogP contribution >= 0.6 is 0 Å². The molecule has 1 aromatic carbocycles. The molecular formula is C19H23N3O4S. The van der Waals surface area contributed by atoms with E-state index >= 15 is 0 Å². The van der Waals surface area contributed by atoms with E-state index in [2.05, 4.69) is 15.0 Å². The molecular weight excluding hydrogens is 366 g/mol. The summed E-state index contributed by atoms with van der Waals surface area (Å²) < 4.78 is 33.6. The lowest BCUT2D eigenvalue weighted by molar-refractivity contribution is 0.0934. The molecule has 3 rings (SSSR count). The Balaban J connectivity index is 1.84. The van der Waals surface area contributed by atoms with Crippen molar-refractivity contribution in [2.75, 3.05) is 11.3 Å². The number of carbonyl (C=O) groups is 1. The Hall–Kier alpha value is -2.61. The number of amides is 1. The Morgan fingerprint density at radius 2 is 1.96 bits per heavy atom. The number of pyridine rings is 1. The van der Waals surface area contributed by atoms with E-state index in [4.69, 9.17) is 4.74 Å². The van der Waals surface area contributed by atoms with Crippen LogP contribution in [0.4, 0.5) is 5.69 Å². The molecule has 8 heteroatoms. The van der Waals surface area contributed by atoms with E-state index < -0.39 is 10.0 Å². The van der Waals surface area contributed by atoms with Gasteiger partial charge in [0.2, 0.25) is 0 Å². The third-order valence-electron chi connectivity index (χ3n) is 4.39. The van der Waals surface area contributed by atoms with E-state index in [1.165, 1.54) is 24.5 Å². The Kier molecular flexibility index (Phi) is 5.95. The lowest BCUT2D eigenvalue weighted by Gasteiger charge is -2.15. The first kappa shape index (κ1) is 19.2. The zero-order valence-electron chi connectivity index (χ0n) is 15.1. The highest BCUT2D eigenvalue weighted by Crippen LogP contribution is 2.23. The fourth-order valence-electron chi connectivity index (χ4n) is 3.15. The number of rotatable bonds is 7. The van der Waals surface area contributed by atoms with Gasteiger partial charge in [-0.3, -0.25) is 14.5 Å². The van der Waals surface area contributed by atoms with Crippen LogP contribution in [0, 0.1) is 0 Å². The Morgan fingerprint density at radius 3 is 2.70 bits per heavy atom. The summed E-state index contributed by atoms with van der Waals surface area (Å²) in [6, 6.07) is 7.85. The fourth-order valence-corrected chi connectivity index (χ4v) is 4.39. The second-order valence-electron chi connectivity index (χ2n) is 6.40. The van der Waals surface area contributed by atoms with Crippen LogP contribution in [-0.4, -0.2) is 32.0 Å². The number of ether oxygens (including phenoxy) is 1. The summed E-state index contributed by atoms with van der Waals surface area (Å²) in [5.41, 5.74) is 0.401. The largest absolute Gasteiger partial charge is 0.492 e. The van der Waals surface area contributed by atoms with E-state index in [-0.39, 0.29) is 28.1 Å². The number of hydrogen-bond donors (Lipinski definition) is 2. The number of aromatic nitrogens is 1. The zero-order valence-corrected chi connectivity index (χ0v) is 16.0. The molecule has 144 valence electrons. The minimum Gasteiger partial charge on any atom is -0.492 e. The summed E-state index contributed by atoms with van der Waals surface area (Å²) in [5, 5.41) is 2.93. The maximum absolute atomic E-state index is 12.9. The predicted octanol–water partition coefficient (Wildman–Crippen LogP) is 2.95. The molecule has 0 atom stereocenters. The van der Waals surface area contributed by atoms with E-state index in [0.717, 1.165) is 25.7 Å². The maximum Gasteiger partial charge on any atom is 0.262 e. The van der Waals surface area contributed by atoms with E-state index in [1.54, 1.807) is 18.2 Å². The lowest BCUT2D eigenvalue weighted by Crippen LogP contribution is -2.33. The molecule has 1 fully saturated rings. The van der Waals surface area contributed by atoms with Gasteiger partial charge in [0.05, 0.1) is 30.3 Å². The predicted molar refractivity (Wildman–Crippen MR) is 102 cm³/mol. The molecule has 0 unspecified atom stereocenters. The monoisotopic (exact) mass is 389 g/mol. The van der Waals surface area contributed by atoms with Crippen LogP contribution in [0.1, 0.15) is 43.0 Å². The maximum atomic E-state index is 12.9. The fraction of sp³-hybridized carbons (Fsp3) is 0.368. The second kappa shape index (κ2) is 8.39. The van der Waals surface area contributed by atoms with Gasteiger partial charge in [0, 0.05) is 12.1 Å². The van der Waals surface area contributed by atoms with E-state index in [0.29, 0.717) is 12.4 Å². The molecule has 0 radical (unpaired) electrons. The number of sulfonamides is 1. The van der Waals surface area contributed by atoms with Crippen molar-refractivity contribution in [3.63, 3.8) is 0 Å². The molecule has 1 heterocycles. The molecule has 2 aromatic rings. The van der Waals surface area contributed by atoms with Crippen LogP contribution in [-0.2, 0) is 10.0 Å². The van der Waals surface area contributed by atoms with Crippen LogP contribution in [0.3, 0.4) is 0 Å². The van der Waals surface area contributed by atoms with Gasteiger partial charge in [0.1, 0.15) is 10.6 Å². The molecule has 1 amide bonds. The van der Waals surface area contributed by atoms with Gasteiger partial charge in [-0.15, -0.1) is 0 Å². The van der Waals surface area contributed by atoms with Gasteiger partial charge in [-0.1, -0.05) is 25.0 Å². The quantitative estimate of drug-likeness (QED) is 0.759. The van der Waals surface area contributed by atoms with E-state index in [9.17, 15) is 13.2 Å². The lowest BCUT2D eigenvalue weighted by atomic mass is 10.2. The van der Waals surface area contributed by atoms with Crippen molar-refractivity contribution in [1.29, 1.82) is 0 Å². The smallest absolute Gasteiger partial charge is 0.262 e. The van der Waals surface area contributed by atoms with Crippen molar-refractivity contribution >= 4 is 21.6 Å². The van der Waals surface area contributed by atoms with Crippen molar-refractivity contribution in [2.45, 2.75) is 43.5 Å². The molecule has 27 heavy (non-hydrogen) atoms. The van der Waals surface area contributed by atoms with Crippen LogP contribution in [0.25, 0.3) is 0 Å². The Morgan fingerprint density at radius 1 is 1.22 bits per heavy atom. The second-order valence-corrected chi connectivity index (χ2v) is 8.05. The normalized spacial score (nSPS) is 14.7. The van der Waals surface area contributed by atoms with Gasteiger partial charge in [0.25, 0.3) is 15.9 Å². The van der Waals surface area contributed by atoms with Crippen molar-refractivity contribution in [3.8, 4) is 5.75 Å². The molecule has 0 aliphatic heterocycles. The van der Waals surface area contributed by atoms with Gasteiger partial charge < -0.3 is 10.1 Å². The zero-order chi connectivity index (χ0) is 19.3. The van der Waals surface area contributed by atoms with Gasteiger partial charge >= 0.3 is 0 Å². The van der Waals surface area contributed by atoms with Crippen molar-refractivity contribution in [3.05, 3.63) is 48.3 Å². The molecule has 0 bridgehead atoms. The number of carbonyl (C=O) groups excluding carboxylic acids is 1. The van der Waals surface area contributed by atoms with Gasteiger partial charge in [0.15, 0.2) is 0 Å². The van der Waals surface area contributed by atoms with Crippen LogP contribution in [0.15, 0.2) is 47.6 Å². The first-order valence-corrected chi connectivity index (χ1v) is 10.5. The number of benzene rings is 1. The van der Waals surface area contributed by atoms with E-state index in [1.807, 2.05) is 6.92 Å². The van der Waals surface area contributed by atoms with Crippen LogP contribution < -0.4 is 14.8 Å². The number of anilines is 1. The third kappa shape index (κ3) is 4.77. The molecule has 1 saturated carbocycles. The first-order valence-electron chi connectivity index (χ1n) is 9.00. The molecule has 2 N–H and O–H groups in total. The van der Waals surface area contributed by atoms with Crippen molar-refractivity contribution < 1.29 is 17.9 Å². The first-order chi connectivity index (χ1) is 13.0. The summed E-state index contributed by atoms with van der Waals surface area (Å²) in [4.78, 5) is 16.5. The van der Waals surface area contributed by atoms with Crippen molar-refractivity contribution in [1.82, 2.24) is 10.3 Å². The highest BCUT2D eigenvalue weighted by Gasteiger charge is 2.25. The average Bonchev–Trinajstić information content (AvgIpc) is 3.15. The Labute approximate surface area is 159 Å². The summed E-state index contributed by atoms with van der Waals surface area (Å²) >= 11 is 0. The summed E-state index contributed by atoms with van der Waals surface area (Å²) in [5.74, 6) is 0.0917.